The van der Waals surface area contributed by atoms with Gasteiger partial charge in [0.1, 0.15) is 0 Å². The second-order valence-electron chi connectivity index (χ2n) is 0.513. The summed E-state index contributed by atoms with van der Waals surface area (Å²) in [5.74, 6) is 0. The third-order valence-electron chi connectivity index (χ3n) is 0. The van der Waals surface area contributed by atoms with E-state index in [4.69, 9.17) is 19.2 Å². The van der Waals surface area contributed by atoms with Crippen LogP contribution in [0.5, 0.6) is 0 Å². The average molecular weight is 195 g/mol. The molecule has 0 rings (SSSR count). The molecule has 0 bridgehead atoms. The van der Waals surface area contributed by atoms with Gasteiger partial charge in [-0.3, -0.25) is 0 Å². The third-order valence-corrected chi connectivity index (χ3v) is 0. The molecule has 6 N–H and O–H groups in total. The van der Waals surface area contributed by atoms with Crippen LogP contribution in [0, 0.1) is 0 Å². The Hall–Kier alpha value is 3.34. The fourth-order valence-electron chi connectivity index (χ4n) is 0. The molecule has 0 spiro atoms. The molecule has 0 aromatic rings. The molecule has 0 heterocycles. The van der Waals surface area contributed by atoms with Crippen LogP contribution in [0.2, 0.25) is 0 Å². The van der Waals surface area contributed by atoms with Gasteiger partial charge < -0.3 is 20.8 Å². The molecule has 0 saturated heterocycles. The predicted octanol–water partition coefficient (Wildman–Crippen LogP) is -2.06. The Morgan fingerprint density at radius 2 is 1.00 bits per heavy atom. The Bertz CT molecular complexity index is 60.2. The Labute approximate surface area is 132 Å². The van der Waals surface area contributed by atoms with E-state index in [0.717, 1.165) is 0 Å². The Morgan fingerprint density at radius 3 is 1.00 bits per heavy atom. The fraction of sp³-hybridized carbons (Fsp3) is 0. The van der Waals surface area contributed by atoms with Crippen LogP contribution in [0.15, 0.2) is 0 Å². The molecule has 8 heavy (non-hydrogen) atoms. The van der Waals surface area contributed by atoms with Crippen LogP contribution in [0.4, 0.5) is 0 Å². The zero-order valence-corrected chi connectivity index (χ0v) is 3.80. The number of hydrogen-bond acceptors (Lipinski definition) is 2. The van der Waals surface area contributed by atoms with Gasteiger partial charge in [0.05, 0.1) is 0 Å². The van der Waals surface area contributed by atoms with Crippen molar-refractivity contribution in [3.63, 3.8) is 0 Å². The van der Waals surface area contributed by atoms with Gasteiger partial charge in [-0.1, -0.05) is 0 Å². The van der Waals surface area contributed by atoms with E-state index in [1.54, 1.807) is 0 Å². The van der Waals surface area contributed by atoms with Crippen molar-refractivity contribution in [2.45, 2.75) is 0 Å². The Kier molecular flexibility index (Phi) is 29.1. The fourth-order valence-corrected chi connectivity index (χ4v) is 0. The molecule has 0 aliphatic heterocycles. The normalized spacial score (nSPS) is 7.38. The van der Waals surface area contributed by atoms with Crippen LogP contribution in [0.3, 0.4) is 0 Å². The summed E-state index contributed by atoms with van der Waals surface area (Å²) in [6.07, 6.45) is 0. The van der Waals surface area contributed by atoms with Crippen molar-refractivity contribution >= 4 is 111 Å². The summed E-state index contributed by atoms with van der Waals surface area (Å²) in [7, 11) is -4.64. The predicted molar refractivity (Wildman–Crippen MR) is 33.6 cm³/mol. The van der Waals surface area contributed by atoms with Crippen molar-refractivity contribution in [2.75, 3.05) is 0 Å². The van der Waals surface area contributed by atoms with Crippen LogP contribution in [-0.4, -0.2) is 117 Å². The van der Waals surface area contributed by atoms with E-state index < -0.39 is 7.82 Å². The second kappa shape index (κ2) is 10.3. The van der Waals surface area contributed by atoms with Crippen molar-refractivity contribution in [1.82, 2.24) is 6.15 Å². The first-order valence-corrected chi connectivity index (χ1v) is 2.35. The van der Waals surface area contributed by atoms with Crippen molar-refractivity contribution in [2.24, 2.45) is 0 Å². The Balaban J connectivity index is -0.0000000267. The van der Waals surface area contributed by atoms with Crippen molar-refractivity contribution in [3.8, 4) is 0 Å². The number of hydrogen-bond donors (Lipinski definition) is 4. The summed E-state index contributed by atoms with van der Waals surface area (Å²) in [6, 6.07) is 0. The zero-order valence-electron chi connectivity index (χ0n) is 2.90. The molecule has 0 aromatic heterocycles. The van der Waals surface area contributed by atoms with Gasteiger partial charge in [0.25, 0.3) is 0 Å². The van der Waals surface area contributed by atoms with E-state index in [0.29, 0.717) is 0 Å². The van der Waals surface area contributed by atoms with E-state index in [1.807, 2.05) is 0 Å². The minimum absolute atomic E-state index is 0. The van der Waals surface area contributed by atoms with Gasteiger partial charge in [-0.15, -0.1) is 0 Å². The van der Waals surface area contributed by atoms with Crippen molar-refractivity contribution < 1.29 is 19.2 Å². The second-order valence-corrected chi connectivity index (χ2v) is 1.54. The molecule has 44 valence electrons. The summed E-state index contributed by atoms with van der Waals surface area (Å²) in [5.41, 5.74) is 0. The molecule has 0 fully saturated rings. The molecule has 0 atom stereocenters. The van der Waals surface area contributed by atoms with Crippen molar-refractivity contribution in [3.05, 3.63) is 0 Å². The van der Waals surface area contributed by atoms with Gasteiger partial charge in [-0.25, -0.2) is 4.57 Å². The maximum atomic E-state index is 8.88. The summed E-state index contributed by atoms with van der Waals surface area (Å²) in [6.45, 7) is 0. The van der Waals surface area contributed by atoms with E-state index in [2.05, 4.69) is 0 Å². The molecular formula is H8K2NO4P. The molecule has 8 heteroatoms. The number of phosphoric acid groups is 1. The van der Waals surface area contributed by atoms with Crippen LogP contribution in [-0.2, 0) is 4.57 Å². The molecule has 0 aromatic carbocycles. The van der Waals surface area contributed by atoms with Gasteiger partial charge in [0, 0.05) is 0 Å². The van der Waals surface area contributed by atoms with Gasteiger partial charge in [-0.2, -0.15) is 0 Å². The molecule has 0 amide bonds. The van der Waals surface area contributed by atoms with E-state index >= 15 is 0 Å². The summed E-state index contributed by atoms with van der Waals surface area (Å²) in [4.78, 5) is 21.6. The first kappa shape index (κ1) is 22.5. The average Bonchev–Trinajstić information content (AvgIpc) is 0.722. The summed E-state index contributed by atoms with van der Waals surface area (Å²) < 4.78 is 8.88. The molecule has 0 unspecified atom stereocenters. The van der Waals surface area contributed by atoms with Gasteiger partial charge in [0.2, 0.25) is 0 Å². The van der Waals surface area contributed by atoms with Gasteiger partial charge >= 0.3 is 111 Å². The van der Waals surface area contributed by atoms with E-state index in [1.165, 1.54) is 0 Å². The van der Waals surface area contributed by atoms with Gasteiger partial charge in [-0.05, 0) is 0 Å². The van der Waals surface area contributed by atoms with Crippen molar-refractivity contribution in [1.29, 1.82) is 0 Å². The quantitative estimate of drug-likeness (QED) is 0.262. The third kappa shape index (κ3) is 58.2. The molecule has 5 nitrogen and oxygen atoms in total. The first-order valence-electron chi connectivity index (χ1n) is 0.783. The van der Waals surface area contributed by atoms with Crippen LogP contribution in [0.25, 0.3) is 0 Å². The Morgan fingerprint density at radius 1 is 1.00 bits per heavy atom. The topological polar surface area (TPSA) is 113 Å². The molecule has 0 saturated carbocycles. The molecule has 0 aliphatic rings. The van der Waals surface area contributed by atoms with Gasteiger partial charge in [0.15, 0.2) is 0 Å². The van der Waals surface area contributed by atoms with Crippen LogP contribution in [0.1, 0.15) is 0 Å². The summed E-state index contributed by atoms with van der Waals surface area (Å²) in [5, 5.41) is 0. The SMILES string of the molecule is N.O=P(O)(O)O.[KH].[KH]. The standard InChI is InChI=1S/2K.H3N.H3O4P.2H/c;;;1-5(2,3)4;;/h;;1H3;(H3,1,2,3,4);;. The summed E-state index contributed by atoms with van der Waals surface area (Å²) >= 11 is 0. The molecular weight excluding hydrogens is 187 g/mol. The molecule has 0 radical (unpaired) electrons. The van der Waals surface area contributed by atoms with E-state index in [-0.39, 0.29) is 109 Å². The minimum atomic E-state index is -4.64. The van der Waals surface area contributed by atoms with E-state index in [9.17, 15) is 0 Å². The zero-order chi connectivity index (χ0) is 4.50. The first-order chi connectivity index (χ1) is 2.00. The monoisotopic (exact) mass is 195 g/mol. The van der Waals surface area contributed by atoms with Crippen LogP contribution < -0.4 is 6.15 Å². The van der Waals surface area contributed by atoms with Crippen LogP contribution >= 0.6 is 7.82 Å². The molecule has 0 aliphatic carbocycles. The number of rotatable bonds is 0. The maximum absolute atomic E-state index is 8.88.